The van der Waals surface area contributed by atoms with Crippen molar-refractivity contribution >= 4 is 35.8 Å². The Hall–Kier alpha value is -1.91. The van der Waals surface area contributed by atoms with Crippen LogP contribution in [0.25, 0.3) is 0 Å². The summed E-state index contributed by atoms with van der Waals surface area (Å²) in [6.45, 7) is 2.26. The van der Waals surface area contributed by atoms with E-state index in [2.05, 4.69) is 15.6 Å². The zero-order chi connectivity index (χ0) is 22.9. The minimum absolute atomic E-state index is 0. The number of ether oxygens (including phenoxy) is 3. The van der Waals surface area contributed by atoms with Crippen molar-refractivity contribution in [2.24, 2.45) is 10.9 Å². The van der Waals surface area contributed by atoms with Gasteiger partial charge in [0, 0.05) is 44.2 Å². The molecule has 1 aromatic carbocycles. The van der Waals surface area contributed by atoms with Gasteiger partial charge in [-0.1, -0.05) is 25.3 Å². The van der Waals surface area contributed by atoms with Gasteiger partial charge in [-0.2, -0.15) is 0 Å². The van der Waals surface area contributed by atoms with Gasteiger partial charge in [0.15, 0.2) is 17.5 Å². The second-order valence-corrected chi connectivity index (χ2v) is 8.49. The molecule has 1 aromatic rings. The summed E-state index contributed by atoms with van der Waals surface area (Å²) in [7, 11) is 6.63. The van der Waals surface area contributed by atoms with Crippen LogP contribution in [0.15, 0.2) is 17.1 Å². The van der Waals surface area contributed by atoms with Crippen molar-refractivity contribution in [3.8, 4) is 17.2 Å². The van der Waals surface area contributed by atoms with Crippen molar-refractivity contribution in [2.75, 3.05) is 48.0 Å². The number of nitrogens with zero attached hydrogens (tertiary/aromatic N) is 2. The van der Waals surface area contributed by atoms with Crippen LogP contribution in [0.1, 0.15) is 44.1 Å². The molecule has 1 aliphatic heterocycles. The Morgan fingerprint density at radius 3 is 2.42 bits per heavy atom. The number of hydrogen-bond donors (Lipinski definition) is 2. The molecule has 2 aliphatic rings. The highest BCUT2D eigenvalue weighted by Crippen LogP contribution is 2.39. The Morgan fingerprint density at radius 2 is 1.79 bits per heavy atom. The maximum absolute atomic E-state index is 12.8. The van der Waals surface area contributed by atoms with E-state index in [4.69, 9.17) is 14.2 Å². The number of benzene rings is 1. The molecule has 33 heavy (non-hydrogen) atoms. The first-order chi connectivity index (χ1) is 15.6. The second-order valence-electron chi connectivity index (χ2n) is 8.49. The summed E-state index contributed by atoms with van der Waals surface area (Å²) >= 11 is 0. The molecule has 1 amide bonds. The van der Waals surface area contributed by atoms with Crippen molar-refractivity contribution in [2.45, 2.75) is 51.0 Å². The topological polar surface area (TPSA) is 84.4 Å². The highest BCUT2D eigenvalue weighted by atomic mass is 127. The Bertz CT molecular complexity index is 799. The summed E-state index contributed by atoms with van der Waals surface area (Å²) < 4.78 is 16.4. The number of nitrogens with one attached hydrogen (secondary N) is 2. The number of aliphatic imine (C=N–C) groups is 1. The standard InChI is InChI=1S/C24H38N4O4.HI/c1-25-24(26-14-12-17-10-11-20(30-2)22(32-4)21(17)31-3)27-19-13-15-28(16-19)23(29)18-8-6-5-7-9-18;/h10-11,18-19H,5-9,12-16H2,1-4H3,(H2,25,26,27);1H. The van der Waals surface area contributed by atoms with Crippen LogP contribution in [-0.4, -0.2) is 70.8 Å². The number of halogens is 1. The molecule has 3 rings (SSSR count). The molecule has 1 saturated carbocycles. The van der Waals surface area contributed by atoms with Crippen LogP contribution in [-0.2, 0) is 11.2 Å². The van der Waals surface area contributed by atoms with E-state index in [0.29, 0.717) is 29.7 Å². The van der Waals surface area contributed by atoms with Crippen LogP contribution in [0.3, 0.4) is 0 Å². The van der Waals surface area contributed by atoms with Crippen LogP contribution in [0, 0.1) is 5.92 Å². The lowest BCUT2D eigenvalue weighted by molar-refractivity contribution is -0.135. The molecule has 2 N–H and O–H groups in total. The molecular weight excluding hydrogens is 535 g/mol. The molecule has 8 nitrogen and oxygen atoms in total. The van der Waals surface area contributed by atoms with Crippen molar-refractivity contribution < 1.29 is 19.0 Å². The molecule has 9 heteroatoms. The number of likely N-dealkylation sites (tertiary alicyclic amines) is 1. The highest BCUT2D eigenvalue weighted by Gasteiger charge is 2.31. The Kier molecular flexibility index (Phi) is 11.4. The van der Waals surface area contributed by atoms with Crippen molar-refractivity contribution in [1.82, 2.24) is 15.5 Å². The van der Waals surface area contributed by atoms with E-state index < -0.39 is 0 Å². The molecule has 0 radical (unpaired) electrons. The third-order valence-electron chi connectivity index (χ3n) is 6.49. The average Bonchev–Trinajstić information content (AvgIpc) is 3.31. The zero-order valence-corrected chi connectivity index (χ0v) is 22.6. The smallest absolute Gasteiger partial charge is 0.225 e. The van der Waals surface area contributed by atoms with E-state index in [-0.39, 0.29) is 35.9 Å². The molecule has 0 aromatic heterocycles. The number of amides is 1. The molecule has 1 aliphatic carbocycles. The van der Waals surface area contributed by atoms with Gasteiger partial charge in [-0.05, 0) is 31.7 Å². The summed E-state index contributed by atoms with van der Waals surface area (Å²) in [5, 5.41) is 6.86. The molecular formula is C24H39IN4O4. The fourth-order valence-electron chi connectivity index (χ4n) is 4.75. The SMILES string of the molecule is CN=C(NCCc1ccc(OC)c(OC)c1OC)NC1CCN(C(=O)C2CCCCC2)C1.I. The Labute approximate surface area is 214 Å². The first kappa shape index (κ1) is 27.3. The number of hydrogen-bond acceptors (Lipinski definition) is 5. The van der Waals surface area contributed by atoms with Crippen molar-refractivity contribution in [1.29, 1.82) is 0 Å². The van der Waals surface area contributed by atoms with E-state index in [1.54, 1.807) is 28.4 Å². The van der Waals surface area contributed by atoms with Crippen LogP contribution in [0.4, 0.5) is 0 Å². The zero-order valence-electron chi connectivity index (χ0n) is 20.3. The van der Waals surface area contributed by atoms with Gasteiger partial charge in [-0.3, -0.25) is 9.79 Å². The van der Waals surface area contributed by atoms with E-state index in [1.807, 2.05) is 17.0 Å². The number of carbonyl (C=O) groups is 1. The van der Waals surface area contributed by atoms with Gasteiger partial charge < -0.3 is 29.7 Å². The first-order valence-electron chi connectivity index (χ1n) is 11.6. The van der Waals surface area contributed by atoms with Crippen molar-refractivity contribution in [3.63, 3.8) is 0 Å². The average molecular weight is 575 g/mol. The fraction of sp³-hybridized carbons (Fsp3) is 0.667. The molecule has 186 valence electrons. The first-order valence-corrected chi connectivity index (χ1v) is 11.6. The van der Waals surface area contributed by atoms with Crippen LogP contribution >= 0.6 is 24.0 Å². The molecule has 1 heterocycles. The predicted molar refractivity (Wildman–Crippen MR) is 141 cm³/mol. The van der Waals surface area contributed by atoms with Gasteiger partial charge in [-0.15, -0.1) is 24.0 Å². The predicted octanol–water partition coefficient (Wildman–Crippen LogP) is 3.22. The summed E-state index contributed by atoms with van der Waals surface area (Å²) in [5.41, 5.74) is 1.03. The summed E-state index contributed by atoms with van der Waals surface area (Å²) in [6.07, 6.45) is 7.43. The van der Waals surface area contributed by atoms with Gasteiger partial charge in [0.2, 0.25) is 11.7 Å². The molecule has 1 atom stereocenters. The lowest BCUT2D eigenvalue weighted by Gasteiger charge is -2.26. The normalized spacial score (nSPS) is 19.0. The van der Waals surface area contributed by atoms with Gasteiger partial charge >= 0.3 is 0 Å². The molecule has 2 fully saturated rings. The Morgan fingerprint density at radius 1 is 1.06 bits per heavy atom. The third-order valence-corrected chi connectivity index (χ3v) is 6.49. The van der Waals surface area contributed by atoms with Gasteiger partial charge in [0.25, 0.3) is 0 Å². The van der Waals surface area contributed by atoms with E-state index in [9.17, 15) is 4.79 Å². The monoisotopic (exact) mass is 574 g/mol. The van der Waals surface area contributed by atoms with Crippen LogP contribution in [0.5, 0.6) is 17.2 Å². The van der Waals surface area contributed by atoms with Crippen LogP contribution < -0.4 is 24.8 Å². The lowest BCUT2D eigenvalue weighted by atomic mass is 9.88. The summed E-state index contributed by atoms with van der Waals surface area (Å²) in [5.74, 6) is 3.26. The molecule has 1 unspecified atom stereocenters. The molecule has 0 bridgehead atoms. The Balaban J connectivity index is 0.00000385. The molecule has 1 saturated heterocycles. The van der Waals surface area contributed by atoms with Crippen molar-refractivity contribution in [3.05, 3.63) is 17.7 Å². The highest BCUT2D eigenvalue weighted by molar-refractivity contribution is 14.0. The van der Waals surface area contributed by atoms with E-state index >= 15 is 0 Å². The van der Waals surface area contributed by atoms with Crippen LogP contribution in [0.2, 0.25) is 0 Å². The number of carbonyl (C=O) groups excluding carboxylic acids is 1. The quantitative estimate of drug-likeness (QED) is 0.282. The lowest BCUT2D eigenvalue weighted by Crippen LogP contribution is -2.46. The van der Waals surface area contributed by atoms with Gasteiger partial charge in [-0.25, -0.2) is 0 Å². The molecule has 0 spiro atoms. The van der Waals surface area contributed by atoms with E-state index in [0.717, 1.165) is 50.3 Å². The van der Waals surface area contributed by atoms with E-state index in [1.165, 1.54) is 19.3 Å². The maximum atomic E-state index is 12.8. The summed E-state index contributed by atoms with van der Waals surface area (Å²) in [6, 6.07) is 4.11. The number of methoxy groups -OCH3 is 3. The largest absolute Gasteiger partial charge is 0.493 e. The summed E-state index contributed by atoms with van der Waals surface area (Å²) in [4.78, 5) is 19.2. The fourth-order valence-corrected chi connectivity index (χ4v) is 4.75. The number of guanidine groups is 1. The second kappa shape index (κ2) is 13.7. The third kappa shape index (κ3) is 7.04. The maximum Gasteiger partial charge on any atom is 0.225 e. The minimum Gasteiger partial charge on any atom is -0.493 e. The number of rotatable bonds is 8. The minimum atomic E-state index is 0. The van der Waals surface area contributed by atoms with Gasteiger partial charge in [0.05, 0.1) is 21.3 Å². The van der Waals surface area contributed by atoms with Gasteiger partial charge in [0.1, 0.15) is 0 Å².